The van der Waals surface area contributed by atoms with Crippen molar-refractivity contribution in [2.75, 3.05) is 6.54 Å². The summed E-state index contributed by atoms with van der Waals surface area (Å²) in [4.78, 5) is 0. The van der Waals surface area contributed by atoms with E-state index in [-0.39, 0.29) is 0 Å². The van der Waals surface area contributed by atoms with Crippen molar-refractivity contribution < 1.29 is 4.74 Å². The van der Waals surface area contributed by atoms with Gasteiger partial charge in [0.2, 0.25) is 0 Å². The molecule has 2 aromatic carbocycles. The van der Waals surface area contributed by atoms with Crippen molar-refractivity contribution in [1.29, 1.82) is 0 Å². The van der Waals surface area contributed by atoms with Crippen molar-refractivity contribution >= 4 is 11.6 Å². The predicted molar refractivity (Wildman–Crippen MR) is 89.2 cm³/mol. The van der Waals surface area contributed by atoms with E-state index in [1.165, 1.54) is 5.56 Å². The van der Waals surface area contributed by atoms with Gasteiger partial charge in [-0.25, -0.2) is 0 Å². The Morgan fingerprint density at radius 3 is 2.48 bits per heavy atom. The van der Waals surface area contributed by atoms with Crippen LogP contribution in [-0.4, -0.2) is 6.54 Å². The molecule has 0 amide bonds. The van der Waals surface area contributed by atoms with Crippen LogP contribution in [-0.2, 0) is 6.54 Å². The molecule has 0 atom stereocenters. The van der Waals surface area contributed by atoms with Crippen LogP contribution in [0.1, 0.15) is 25.0 Å². The average Bonchev–Trinajstić information content (AvgIpc) is 2.44. The zero-order chi connectivity index (χ0) is 15.2. The van der Waals surface area contributed by atoms with Gasteiger partial charge in [0.05, 0.1) is 0 Å². The lowest BCUT2D eigenvalue weighted by Gasteiger charge is -2.10. The number of aryl methyl sites for hydroxylation is 1. The van der Waals surface area contributed by atoms with Gasteiger partial charge in [0.15, 0.2) is 0 Å². The van der Waals surface area contributed by atoms with E-state index in [2.05, 4.69) is 31.3 Å². The van der Waals surface area contributed by atoms with Gasteiger partial charge < -0.3 is 10.1 Å². The molecule has 112 valence electrons. The molecule has 0 bridgehead atoms. The molecule has 3 heteroatoms. The smallest absolute Gasteiger partial charge is 0.131 e. The molecule has 0 saturated heterocycles. The number of hydrogen-bond donors (Lipinski definition) is 1. The Balaban J connectivity index is 1.97. The molecule has 21 heavy (non-hydrogen) atoms. The highest BCUT2D eigenvalue weighted by Gasteiger charge is 2.03. The molecule has 0 radical (unpaired) electrons. The highest BCUT2D eigenvalue weighted by atomic mass is 35.5. The number of rotatable bonds is 6. The number of hydrogen-bond acceptors (Lipinski definition) is 2. The van der Waals surface area contributed by atoms with Gasteiger partial charge in [-0.2, -0.15) is 0 Å². The SMILES string of the molecule is Cc1ccc(Cl)cc1Oc1ccc(CNCC(C)C)cc1. The second-order valence-corrected chi connectivity index (χ2v) is 6.12. The van der Waals surface area contributed by atoms with Crippen molar-refractivity contribution in [2.45, 2.75) is 27.3 Å². The van der Waals surface area contributed by atoms with Crippen molar-refractivity contribution in [1.82, 2.24) is 5.32 Å². The quantitative estimate of drug-likeness (QED) is 0.793. The zero-order valence-corrected chi connectivity index (χ0v) is 13.6. The minimum absolute atomic E-state index is 0.665. The molecular weight excluding hydrogens is 282 g/mol. The summed E-state index contributed by atoms with van der Waals surface area (Å²) in [5, 5.41) is 4.11. The predicted octanol–water partition coefficient (Wildman–Crippen LogP) is 5.19. The van der Waals surface area contributed by atoms with Crippen LogP contribution in [0.5, 0.6) is 11.5 Å². The van der Waals surface area contributed by atoms with Gasteiger partial charge in [0.25, 0.3) is 0 Å². The largest absolute Gasteiger partial charge is 0.457 e. The first kappa shape index (κ1) is 15.9. The first-order valence-corrected chi connectivity index (χ1v) is 7.66. The molecule has 0 fully saturated rings. The Morgan fingerprint density at radius 2 is 1.81 bits per heavy atom. The molecule has 0 aromatic heterocycles. The summed E-state index contributed by atoms with van der Waals surface area (Å²) < 4.78 is 5.88. The minimum Gasteiger partial charge on any atom is -0.457 e. The summed E-state index contributed by atoms with van der Waals surface area (Å²) >= 11 is 6.00. The highest BCUT2D eigenvalue weighted by Crippen LogP contribution is 2.28. The van der Waals surface area contributed by atoms with Crippen LogP contribution in [0.15, 0.2) is 42.5 Å². The molecule has 0 aliphatic rings. The van der Waals surface area contributed by atoms with Crippen molar-refractivity contribution in [3.8, 4) is 11.5 Å². The topological polar surface area (TPSA) is 21.3 Å². The fourth-order valence-electron chi connectivity index (χ4n) is 1.99. The number of benzene rings is 2. The normalized spacial score (nSPS) is 10.9. The number of ether oxygens (including phenoxy) is 1. The molecule has 0 aliphatic carbocycles. The molecule has 0 unspecified atom stereocenters. The summed E-state index contributed by atoms with van der Waals surface area (Å²) in [6.45, 7) is 8.33. The Labute approximate surface area is 132 Å². The summed E-state index contributed by atoms with van der Waals surface area (Å²) in [5.74, 6) is 2.29. The van der Waals surface area contributed by atoms with E-state index < -0.39 is 0 Å². The lowest BCUT2D eigenvalue weighted by atomic mass is 10.2. The molecule has 2 nitrogen and oxygen atoms in total. The van der Waals surface area contributed by atoms with Crippen LogP contribution in [0.2, 0.25) is 5.02 Å². The maximum absolute atomic E-state index is 6.00. The van der Waals surface area contributed by atoms with E-state index >= 15 is 0 Å². The Morgan fingerprint density at radius 1 is 1.10 bits per heavy atom. The summed E-state index contributed by atoms with van der Waals surface area (Å²) in [6, 6.07) is 13.8. The van der Waals surface area contributed by atoms with Crippen LogP contribution < -0.4 is 10.1 Å². The summed E-state index contributed by atoms with van der Waals surface area (Å²) in [5.41, 5.74) is 2.33. The molecule has 1 N–H and O–H groups in total. The highest BCUT2D eigenvalue weighted by molar-refractivity contribution is 6.30. The minimum atomic E-state index is 0.665. The Hall–Kier alpha value is -1.51. The van der Waals surface area contributed by atoms with Gasteiger partial charge in [-0.3, -0.25) is 0 Å². The van der Waals surface area contributed by atoms with E-state index in [0.29, 0.717) is 10.9 Å². The van der Waals surface area contributed by atoms with Gasteiger partial charge in [0, 0.05) is 11.6 Å². The summed E-state index contributed by atoms with van der Waals surface area (Å²) in [6.07, 6.45) is 0. The van der Waals surface area contributed by atoms with Crippen molar-refractivity contribution in [3.63, 3.8) is 0 Å². The standard InChI is InChI=1S/C18H22ClNO/c1-13(2)11-20-12-15-5-8-17(9-6-15)21-18-10-16(19)7-4-14(18)3/h4-10,13,20H,11-12H2,1-3H3. The van der Waals surface area contributed by atoms with E-state index in [4.69, 9.17) is 16.3 Å². The maximum Gasteiger partial charge on any atom is 0.131 e. The van der Waals surface area contributed by atoms with Gasteiger partial charge in [-0.05, 0) is 54.8 Å². The average molecular weight is 304 g/mol. The van der Waals surface area contributed by atoms with Crippen LogP contribution in [0.4, 0.5) is 0 Å². The van der Waals surface area contributed by atoms with Gasteiger partial charge in [-0.15, -0.1) is 0 Å². The molecule has 2 aromatic rings. The molecular formula is C18H22ClNO. The third kappa shape index (κ3) is 5.07. The van der Waals surface area contributed by atoms with Gasteiger partial charge in [0.1, 0.15) is 11.5 Å². The third-order valence-corrected chi connectivity index (χ3v) is 3.42. The summed E-state index contributed by atoms with van der Waals surface area (Å²) in [7, 11) is 0. The van der Waals surface area contributed by atoms with E-state index in [0.717, 1.165) is 30.2 Å². The third-order valence-electron chi connectivity index (χ3n) is 3.18. The number of halogens is 1. The lowest BCUT2D eigenvalue weighted by Crippen LogP contribution is -2.18. The Bertz CT molecular complexity index is 578. The molecule has 2 rings (SSSR count). The molecule has 0 saturated carbocycles. The van der Waals surface area contributed by atoms with Crippen LogP contribution in [0.25, 0.3) is 0 Å². The van der Waals surface area contributed by atoms with Crippen LogP contribution in [0, 0.1) is 12.8 Å². The second kappa shape index (κ2) is 7.48. The fraction of sp³-hybridized carbons (Fsp3) is 0.333. The first-order valence-electron chi connectivity index (χ1n) is 7.28. The van der Waals surface area contributed by atoms with Crippen LogP contribution in [0.3, 0.4) is 0 Å². The zero-order valence-electron chi connectivity index (χ0n) is 12.8. The molecule has 0 heterocycles. The molecule has 0 aliphatic heterocycles. The monoisotopic (exact) mass is 303 g/mol. The van der Waals surface area contributed by atoms with Crippen LogP contribution >= 0.6 is 11.6 Å². The van der Waals surface area contributed by atoms with Gasteiger partial charge in [-0.1, -0.05) is 43.6 Å². The second-order valence-electron chi connectivity index (χ2n) is 5.68. The van der Waals surface area contributed by atoms with E-state index in [1.54, 1.807) is 0 Å². The van der Waals surface area contributed by atoms with E-state index in [9.17, 15) is 0 Å². The first-order chi connectivity index (χ1) is 10.0. The number of nitrogens with one attached hydrogen (secondary N) is 1. The van der Waals surface area contributed by atoms with Crippen molar-refractivity contribution in [3.05, 3.63) is 58.6 Å². The van der Waals surface area contributed by atoms with Crippen molar-refractivity contribution in [2.24, 2.45) is 5.92 Å². The maximum atomic E-state index is 6.00. The lowest BCUT2D eigenvalue weighted by molar-refractivity contribution is 0.478. The van der Waals surface area contributed by atoms with Gasteiger partial charge >= 0.3 is 0 Å². The fourth-order valence-corrected chi connectivity index (χ4v) is 2.15. The van der Waals surface area contributed by atoms with E-state index in [1.807, 2.05) is 37.3 Å². The Kier molecular flexibility index (Phi) is 5.66. The molecule has 0 spiro atoms.